The third-order valence-electron chi connectivity index (χ3n) is 3.37. The zero-order chi connectivity index (χ0) is 14.3. The predicted molar refractivity (Wildman–Crippen MR) is 74.2 cm³/mol. The molecule has 0 bridgehead atoms. The molecule has 106 valence electrons. The van der Waals surface area contributed by atoms with Gasteiger partial charge in [-0.15, -0.1) is 11.3 Å². The van der Waals surface area contributed by atoms with Crippen LogP contribution in [0.4, 0.5) is 0 Å². The van der Waals surface area contributed by atoms with Gasteiger partial charge in [0.25, 0.3) is 0 Å². The lowest BCUT2D eigenvalue weighted by atomic mass is 10.2. The molecule has 0 amide bonds. The first kappa shape index (κ1) is 13.5. The molecule has 3 rings (SSSR count). The molecule has 0 unspecified atom stereocenters. The molecule has 0 aliphatic carbocycles. The number of hydrogen-bond donors (Lipinski definition) is 1. The van der Waals surface area contributed by atoms with Crippen molar-refractivity contribution in [1.29, 1.82) is 0 Å². The van der Waals surface area contributed by atoms with Crippen LogP contribution in [0.15, 0.2) is 28.6 Å². The van der Waals surface area contributed by atoms with Crippen molar-refractivity contribution in [3.8, 4) is 0 Å². The molecule has 1 fully saturated rings. The van der Waals surface area contributed by atoms with Gasteiger partial charge in [-0.3, -0.25) is 9.78 Å². The third kappa shape index (κ3) is 2.09. The van der Waals surface area contributed by atoms with Gasteiger partial charge in [0, 0.05) is 12.7 Å². The number of carboxylic acids is 1. The van der Waals surface area contributed by atoms with E-state index in [0.29, 0.717) is 12.8 Å². The smallest absolute Gasteiger partial charge is 0.322 e. The van der Waals surface area contributed by atoms with Gasteiger partial charge in [0.15, 0.2) is 0 Å². The Balaban J connectivity index is 2.04. The SMILES string of the molecule is O=C(O)[C@H]1CCCN1S(=O)(=O)c1cnc2ccsc2c1. The summed E-state index contributed by atoms with van der Waals surface area (Å²) in [6.45, 7) is 0.238. The topological polar surface area (TPSA) is 87.6 Å². The molecule has 20 heavy (non-hydrogen) atoms. The normalized spacial score (nSPS) is 20.5. The van der Waals surface area contributed by atoms with Crippen molar-refractivity contribution in [1.82, 2.24) is 9.29 Å². The summed E-state index contributed by atoms with van der Waals surface area (Å²) < 4.78 is 26.9. The molecular formula is C12H12N2O4S2. The van der Waals surface area contributed by atoms with E-state index in [0.717, 1.165) is 14.5 Å². The number of carboxylic acid groups (broad SMARTS) is 1. The second-order valence-electron chi connectivity index (χ2n) is 4.59. The van der Waals surface area contributed by atoms with E-state index in [4.69, 9.17) is 5.11 Å². The maximum absolute atomic E-state index is 12.5. The Morgan fingerprint density at radius 3 is 3.05 bits per heavy atom. The van der Waals surface area contributed by atoms with Crippen LogP contribution >= 0.6 is 11.3 Å². The third-order valence-corrected chi connectivity index (χ3v) is 6.10. The zero-order valence-electron chi connectivity index (χ0n) is 10.4. The fourth-order valence-electron chi connectivity index (χ4n) is 2.38. The Labute approximate surface area is 119 Å². The number of carbonyl (C=O) groups is 1. The molecule has 0 spiro atoms. The number of aromatic nitrogens is 1. The average molecular weight is 312 g/mol. The van der Waals surface area contributed by atoms with Crippen LogP contribution in [0.25, 0.3) is 10.2 Å². The fraction of sp³-hybridized carbons (Fsp3) is 0.333. The predicted octanol–water partition coefficient (Wildman–Crippen LogP) is 1.53. The van der Waals surface area contributed by atoms with Gasteiger partial charge in [-0.2, -0.15) is 4.31 Å². The molecule has 3 heterocycles. The number of rotatable bonds is 3. The maximum atomic E-state index is 12.5. The van der Waals surface area contributed by atoms with E-state index in [1.807, 2.05) is 11.4 Å². The van der Waals surface area contributed by atoms with Gasteiger partial charge in [0.05, 0.1) is 10.2 Å². The van der Waals surface area contributed by atoms with Crippen molar-refractivity contribution in [2.24, 2.45) is 0 Å². The highest BCUT2D eigenvalue weighted by atomic mass is 32.2. The van der Waals surface area contributed by atoms with Crippen LogP contribution in [0.3, 0.4) is 0 Å². The largest absolute Gasteiger partial charge is 0.480 e. The van der Waals surface area contributed by atoms with Gasteiger partial charge >= 0.3 is 5.97 Å². The van der Waals surface area contributed by atoms with Crippen molar-refractivity contribution in [2.45, 2.75) is 23.8 Å². The molecule has 1 aliphatic heterocycles. The number of pyridine rings is 1. The molecule has 0 radical (unpaired) electrons. The van der Waals surface area contributed by atoms with Gasteiger partial charge < -0.3 is 5.11 Å². The van der Waals surface area contributed by atoms with Gasteiger partial charge in [-0.05, 0) is 30.4 Å². The first-order chi connectivity index (χ1) is 9.50. The summed E-state index contributed by atoms with van der Waals surface area (Å²) in [6, 6.07) is 2.39. The highest BCUT2D eigenvalue weighted by molar-refractivity contribution is 7.89. The van der Waals surface area contributed by atoms with Crippen molar-refractivity contribution in [2.75, 3.05) is 6.54 Å². The molecule has 8 heteroatoms. The summed E-state index contributed by atoms with van der Waals surface area (Å²) in [6.07, 6.45) is 2.20. The minimum absolute atomic E-state index is 0.0561. The Bertz CT molecular complexity index is 769. The Morgan fingerprint density at radius 1 is 1.50 bits per heavy atom. The van der Waals surface area contributed by atoms with Crippen molar-refractivity contribution < 1.29 is 18.3 Å². The quantitative estimate of drug-likeness (QED) is 0.928. The molecule has 2 aromatic rings. The van der Waals surface area contributed by atoms with E-state index in [-0.39, 0.29) is 11.4 Å². The van der Waals surface area contributed by atoms with E-state index >= 15 is 0 Å². The zero-order valence-corrected chi connectivity index (χ0v) is 12.0. The highest BCUT2D eigenvalue weighted by Gasteiger charge is 2.39. The second kappa shape index (κ2) is 4.80. The lowest BCUT2D eigenvalue weighted by molar-refractivity contribution is -0.140. The fourth-order valence-corrected chi connectivity index (χ4v) is 4.86. The van der Waals surface area contributed by atoms with Crippen LogP contribution < -0.4 is 0 Å². The van der Waals surface area contributed by atoms with E-state index < -0.39 is 22.0 Å². The number of hydrogen-bond acceptors (Lipinski definition) is 5. The van der Waals surface area contributed by atoms with Crippen LogP contribution in [-0.4, -0.2) is 41.4 Å². The van der Waals surface area contributed by atoms with E-state index in [9.17, 15) is 13.2 Å². The molecule has 0 saturated carbocycles. The van der Waals surface area contributed by atoms with Gasteiger partial charge in [0.1, 0.15) is 10.9 Å². The summed E-state index contributed by atoms with van der Waals surface area (Å²) in [5.41, 5.74) is 0.741. The Kier molecular flexibility index (Phi) is 3.23. The van der Waals surface area contributed by atoms with Crippen molar-refractivity contribution >= 4 is 37.5 Å². The van der Waals surface area contributed by atoms with Crippen LogP contribution in [0.1, 0.15) is 12.8 Å². The van der Waals surface area contributed by atoms with E-state index in [2.05, 4.69) is 4.98 Å². The summed E-state index contributed by atoms with van der Waals surface area (Å²) in [7, 11) is -3.81. The monoisotopic (exact) mass is 312 g/mol. The standard InChI is InChI=1S/C12H12N2O4S2/c15-12(16)10-2-1-4-14(10)20(17,18)8-6-11-9(13-7-8)3-5-19-11/h3,5-7,10H,1-2,4H2,(H,15,16)/t10-/m1/s1. The number of nitrogens with zero attached hydrogens (tertiary/aromatic N) is 2. The minimum atomic E-state index is -3.81. The lowest BCUT2D eigenvalue weighted by Crippen LogP contribution is -2.40. The number of thiophene rings is 1. The molecule has 6 nitrogen and oxygen atoms in total. The van der Waals surface area contributed by atoms with Gasteiger partial charge in [-0.1, -0.05) is 0 Å². The first-order valence-corrected chi connectivity index (χ1v) is 8.40. The van der Waals surface area contributed by atoms with Crippen molar-refractivity contribution in [3.63, 3.8) is 0 Å². The van der Waals surface area contributed by atoms with Crippen LogP contribution in [0, 0.1) is 0 Å². The van der Waals surface area contributed by atoms with Gasteiger partial charge in [-0.25, -0.2) is 8.42 Å². The minimum Gasteiger partial charge on any atom is -0.480 e. The first-order valence-electron chi connectivity index (χ1n) is 6.08. The number of aliphatic carboxylic acids is 1. The molecule has 1 N–H and O–H groups in total. The molecule has 2 aromatic heterocycles. The Hall–Kier alpha value is -1.51. The lowest BCUT2D eigenvalue weighted by Gasteiger charge is -2.20. The summed E-state index contributed by atoms with van der Waals surface area (Å²) in [5, 5.41) is 11.0. The average Bonchev–Trinajstić information content (AvgIpc) is 3.06. The second-order valence-corrected chi connectivity index (χ2v) is 7.43. The molecule has 1 atom stereocenters. The number of fused-ring (bicyclic) bond motifs is 1. The van der Waals surface area contributed by atoms with E-state index in [1.54, 1.807) is 6.07 Å². The van der Waals surface area contributed by atoms with Crippen LogP contribution in [0.5, 0.6) is 0 Å². The maximum Gasteiger partial charge on any atom is 0.322 e. The van der Waals surface area contributed by atoms with Crippen molar-refractivity contribution in [3.05, 3.63) is 23.7 Å². The van der Waals surface area contributed by atoms with Crippen LogP contribution in [0.2, 0.25) is 0 Å². The Morgan fingerprint density at radius 2 is 2.30 bits per heavy atom. The molecule has 1 aliphatic rings. The van der Waals surface area contributed by atoms with Crippen LogP contribution in [-0.2, 0) is 14.8 Å². The van der Waals surface area contributed by atoms with E-state index in [1.165, 1.54) is 17.5 Å². The molecule has 0 aromatic carbocycles. The summed E-state index contributed by atoms with van der Waals surface area (Å²) >= 11 is 1.41. The number of sulfonamides is 1. The highest BCUT2D eigenvalue weighted by Crippen LogP contribution is 2.28. The molecular weight excluding hydrogens is 300 g/mol. The summed E-state index contributed by atoms with van der Waals surface area (Å²) in [5.74, 6) is -1.10. The van der Waals surface area contributed by atoms with Gasteiger partial charge in [0.2, 0.25) is 10.0 Å². The molecule has 1 saturated heterocycles. The summed E-state index contributed by atoms with van der Waals surface area (Å²) in [4.78, 5) is 15.3.